The van der Waals surface area contributed by atoms with Gasteiger partial charge in [-0.1, -0.05) is 54.6 Å². The normalized spacial score (nSPS) is 12.8. The molecule has 0 radical (unpaired) electrons. The third-order valence-electron chi connectivity index (χ3n) is 6.19. The number of carbonyl (C=O) groups is 1. The van der Waals surface area contributed by atoms with Crippen molar-refractivity contribution in [3.63, 3.8) is 0 Å². The van der Waals surface area contributed by atoms with E-state index in [4.69, 9.17) is 14.5 Å². The molecule has 1 aromatic heterocycles. The van der Waals surface area contributed by atoms with Crippen molar-refractivity contribution < 1.29 is 14.3 Å². The Labute approximate surface area is 215 Å². The van der Waals surface area contributed by atoms with E-state index in [-0.39, 0.29) is 5.91 Å². The molecular formula is C30H28N2O3S. The Morgan fingerprint density at radius 1 is 0.972 bits per heavy atom. The van der Waals surface area contributed by atoms with Crippen LogP contribution in [0.2, 0.25) is 0 Å². The van der Waals surface area contributed by atoms with Crippen molar-refractivity contribution >= 4 is 34.1 Å². The zero-order chi connectivity index (χ0) is 24.7. The van der Waals surface area contributed by atoms with Gasteiger partial charge in [0.15, 0.2) is 11.5 Å². The molecule has 1 aliphatic rings. The Morgan fingerprint density at radius 2 is 1.72 bits per heavy atom. The number of rotatable bonds is 8. The summed E-state index contributed by atoms with van der Waals surface area (Å²) >= 11 is 1.62. The highest BCUT2D eigenvalue weighted by Crippen LogP contribution is 2.40. The molecule has 1 aliphatic carbocycles. The van der Waals surface area contributed by atoms with Gasteiger partial charge in [-0.2, -0.15) is 0 Å². The molecule has 0 unspecified atom stereocenters. The molecule has 182 valence electrons. The molecule has 1 N–H and O–H groups in total. The number of amides is 1. The minimum absolute atomic E-state index is 0.112. The van der Waals surface area contributed by atoms with Gasteiger partial charge in [0.1, 0.15) is 11.6 Å². The van der Waals surface area contributed by atoms with Crippen LogP contribution >= 0.6 is 11.3 Å². The van der Waals surface area contributed by atoms with Crippen molar-refractivity contribution in [3.8, 4) is 11.5 Å². The van der Waals surface area contributed by atoms with E-state index in [2.05, 4.69) is 5.32 Å². The monoisotopic (exact) mass is 496 g/mol. The van der Waals surface area contributed by atoms with Gasteiger partial charge in [0.25, 0.3) is 5.91 Å². The topological polar surface area (TPSA) is 59.9 Å². The fraction of sp³-hybridized carbons (Fsp3) is 0.200. The summed E-state index contributed by atoms with van der Waals surface area (Å²) in [5.41, 5.74) is 4.46. The number of thiophene rings is 1. The van der Waals surface area contributed by atoms with Gasteiger partial charge in [-0.05, 0) is 61.1 Å². The van der Waals surface area contributed by atoms with E-state index in [1.54, 1.807) is 24.7 Å². The van der Waals surface area contributed by atoms with Crippen LogP contribution in [0.15, 0.2) is 83.9 Å². The maximum absolute atomic E-state index is 13.4. The number of fused-ring (bicyclic) bond motifs is 1. The fourth-order valence-corrected chi connectivity index (χ4v) is 5.63. The van der Waals surface area contributed by atoms with Gasteiger partial charge in [0.2, 0.25) is 0 Å². The first-order valence-electron chi connectivity index (χ1n) is 12.1. The van der Waals surface area contributed by atoms with Gasteiger partial charge in [0, 0.05) is 22.3 Å². The lowest BCUT2D eigenvalue weighted by Gasteiger charge is -2.13. The van der Waals surface area contributed by atoms with Crippen molar-refractivity contribution in [1.82, 2.24) is 0 Å². The van der Waals surface area contributed by atoms with Crippen LogP contribution in [0.1, 0.15) is 44.8 Å². The van der Waals surface area contributed by atoms with Crippen molar-refractivity contribution in [2.24, 2.45) is 4.99 Å². The minimum Gasteiger partial charge on any atom is -0.493 e. The average Bonchev–Trinajstić information content (AvgIpc) is 3.30. The van der Waals surface area contributed by atoms with E-state index >= 15 is 0 Å². The molecule has 6 heteroatoms. The van der Waals surface area contributed by atoms with E-state index in [9.17, 15) is 4.79 Å². The summed E-state index contributed by atoms with van der Waals surface area (Å²) in [5, 5.41) is 3.78. The molecule has 0 saturated carbocycles. The van der Waals surface area contributed by atoms with Crippen LogP contribution in [0.4, 0.5) is 10.7 Å². The van der Waals surface area contributed by atoms with Crippen LogP contribution in [0.5, 0.6) is 11.5 Å². The molecule has 0 fully saturated rings. The maximum Gasteiger partial charge on any atom is 0.259 e. The number of ether oxygens (including phenoxy) is 2. The van der Waals surface area contributed by atoms with Gasteiger partial charge in [-0.15, -0.1) is 11.3 Å². The van der Waals surface area contributed by atoms with Crippen LogP contribution in [0.25, 0.3) is 0 Å². The number of nitrogens with one attached hydrogen (secondary N) is 1. The Hall–Kier alpha value is -3.90. The molecule has 3 aromatic carbocycles. The summed E-state index contributed by atoms with van der Waals surface area (Å²) in [6, 6.07) is 25.3. The largest absolute Gasteiger partial charge is 0.493 e. The summed E-state index contributed by atoms with van der Waals surface area (Å²) in [5.74, 6) is 1.16. The molecule has 0 saturated heterocycles. The highest BCUT2D eigenvalue weighted by atomic mass is 32.1. The second kappa shape index (κ2) is 11.2. The highest BCUT2D eigenvalue weighted by Gasteiger charge is 2.25. The number of anilines is 1. The SMILES string of the molecule is COc1cccc(C=Nc2sc3c(c2C(=O)Nc2ccccc2)CCCC3)c1OCc1ccccc1. The number of aryl methyl sites for hydroxylation is 1. The molecule has 0 aliphatic heterocycles. The van der Waals surface area contributed by atoms with Crippen molar-refractivity contribution in [2.75, 3.05) is 12.4 Å². The molecule has 5 nitrogen and oxygen atoms in total. The molecule has 0 atom stereocenters. The molecule has 4 aromatic rings. The van der Waals surface area contributed by atoms with Gasteiger partial charge < -0.3 is 14.8 Å². The Morgan fingerprint density at radius 3 is 2.50 bits per heavy atom. The number of aliphatic imine (C=N–C) groups is 1. The zero-order valence-corrected chi connectivity index (χ0v) is 21.0. The maximum atomic E-state index is 13.4. The number of para-hydroxylation sites is 2. The van der Waals surface area contributed by atoms with E-state index in [1.807, 2.05) is 78.9 Å². The van der Waals surface area contributed by atoms with Crippen LogP contribution in [-0.2, 0) is 19.4 Å². The standard InChI is InChI=1S/C30H28N2O3S/c1-34-25-17-10-13-22(28(25)35-20-21-11-4-2-5-12-21)19-31-30-27(24-16-8-9-18-26(24)36-30)29(33)32-23-14-6-3-7-15-23/h2-7,10-15,17,19H,8-9,16,18,20H2,1H3,(H,32,33). The highest BCUT2D eigenvalue weighted by molar-refractivity contribution is 7.16. The van der Waals surface area contributed by atoms with Crippen LogP contribution in [-0.4, -0.2) is 19.2 Å². The van der Waals surface area contributed by atoms with Crippen molar-refractivity contribution in [1.29, 1.82) is 0 Å². The van der Waals surface area contributed by atoms with Gasteiger partial charge in [0.05, 0.1) is 12.7 Å². The molecule has 1 amide bonds. The second-order valence-electron chi connectivity index (χ2n) is 8.62. The zero-order valence-electron chi connectivity index (χ0n) is 20.2. The quantitative estimate of drug-likeness (QED) is 0.262. The summed E-state index contributed by atoms with van der Waals surface area (Å²) in [6.45, 7) is 0.417. The number of hydrogen-bond acceptors (Lipinski definition) is 5. The molecule has 0 spiro atoms. The Bertz CT molecular complexity index is 1360. The third-order valence-corrected chi connectivity index (χ3v) is 7.39. The summed E-state index contributed by atoms with van der Waals surface area (Å²) in [7, 11) is 1.63. The summed E-state index contributed by atoms with van der Waals surface area (Å²) in [6.07, 6.45) is 5.91. The number of carbonyl (C=O) groups excluding carboxylic acids is 1. The molecule has 36 heavy (non-hydrogen) atoms. The summed E-state index contributed by atoms with van der Waals surface area (Å²) < 4.78 is 11.8. The first-order chi connectivity index (χ1) is 17.7. The van der Waals surface area contributed by atoms with Crippen LogP contribution in [0.3, 0.4) is 0 Å². The average molecular weight is 497 g/mol. The Balaban J connectivity index is 1.46. The van der Waals surface area contributed by atoms with Crippen LogP contribution < -0.4 is 14.8 Å². The first-order valence-corrected chi connectivity index (χ1v) is 12.9. The van der Waals surface area contributed by atoms with E-state index in [0.29, 0.717) is 23.7 Å². The van der Waals surface area contributed by atoms with Gasteiger partial charge >= 0.3 is 0 Å². The van der Waals surface area contributed by atoms with Crippen LogP contribution in [0, 0.1) is 0 Å². The molecule has 1 heterocycles. The molecular weight excluding hydrogens is 468 g/mol. The van der Waals surface area contributed by atoms with E-state index in [0.717, 1.165) is 53.1 Å². The van der Waals surface area contributed by atoms with Gasteiger partial charge in [-0.25, -0.2) is 4.99 Å². The number of benzene rings is 3. The van der Waals surface area contributed by atoms with Crippen molar-refractivity contribution in [3.05, 3.63) is 106 Å². The predicted molar refractivity (Wildman–Crippen MR) is 146 cm³/mol. The molecule has 5 rings (SSSR count). The smallest absolute Gasteiger partial charge is 0.259 e. The fourth-order valence-electron chi connectivity index (χ4n) is 4.40. The lowest BCUT2D eigenvalue weighted by atomic mass is 9.95. The lowest BCUT2D eigenvalue weighted by molar-refractivity contribution is 0.102. The van der Waals surface area contributed by atoms with E-state index < -0.39 is 0 Å². The third kappa shape index (κ3) is 5.34. The number of hydrogen-bond donors (Lipinski definition) is 1. The summed E-state index contributed by atoms with van der Waals surface area (Å²) in [4.78, 5) is 19.5. The lowest BCUT2D eigenvalue weighted by Crippen LogP contribution is -2.14. The number of nitrogens with zero attached hydrogens (tertiary/aromatic N) is 1. The predicted octanol–water partition coefficient (Wildman–Crippen LogP) is 7.22. The Kier molecular flexibility index (Phi) is 7.43. The molecule has 0 bridgehead atoms. The van der Waals surface area contributed by atoms with Gasteiger partial charge in [-0.3, -0.25) is 4.79 Å². The second-order valence-corrected chi connectivity index (χ2v) is 9.71. The minimum atomic E-state index is -0.112. The first kappa shape index (κ1) is 23.8. The van der Waals surface area contributed by atoms with Crippen molar-refractivity contribution in [2.45, 2.75) is 32.3 Å². The van der Waals surface area contributed by atoms with E-state index in [1.165, 1.54) is 4.88 Å². The number of methoxy groups -OCH3 is 1.